The highest BCUT2D eigenvalue weighted by Gasteiger charge is 2.19. The third-order valence-corrected chi connectivity index (χ3v) is 9.11. The summed E-state index contributed by atoms with van der Waals surface area (Å²) in [4.78, 5) is 9.53. The topological polar surface area (TPSA) is 87.2 Å². The van der Waals surface area contributed by atoms with Gasteiger partial charge in [0.15, 0.2) is 0 Å². The zero-order chi connectivity index (χ0) is 28.3. The van der Waals surface area contributed by atoms with Crippen molar-refractivity contribution in [2.75, 3.05) is 43.1 Å². The van der Waals surface area contributed by atoms with Gasteiger partial charge in [0, 0.05) is 64.7 Å². The minimum atomic E-state index is -3.32. The molecular weight excluding hydrogens is 542 g/mol. The van der Waals surface area contributed by atoms with Gasteiger partial charge in [0.25, 0.3) is 0 Å². The summed E-state index contributed by atoms with van der Waals surface area (Å²) < 4.78 is 26.7. The molecule has 1 aliphatic carbocycles. The maximum absolute atomic E-state index is 12.6. The second-order valence-electron chi connectivity index (χ2n) is 10.8. The number of hydrogen-bond donors (Lipinski definition) is 2. The molecule has 7 nitrogen and oxygen atoms in total. The highest BCUT2D eigenvalue weighted by Crippen LogP contribution is 2.34. The Morgan fingerprint density at radius 2 is 1.57 bits per heavy atom. The monoisotopic (exact) mass is 579 g/mol. The van der Waals surface area contributed by atoms with Gasteiger partial charge in [-0.3, -0.25) is 9.97 Å². The van der Waals surface area contributed by atoms with Crippen LogP contribution in [0.2, 0.25) is 5.02 Å². The first kappa shape index (κ1) is 28.6. The molecule has 0 atom stereocenters. The van der Waals surface area contributed by atoms with Crippen LogP contribution in [0.15, 0.2) is 42.5 Å². The van der Waals surface area contributed by atoms with E-state index in [1.807, 2.05) is 31.2 Å². The summed E-state index contributed by atoms with van der Waals surface area (Å²) in [6.45, 7) is 6.35. The Kier molecular flexibility index (Phi) is 8.78. The van der Waals surface area contributed by atoms with E-state index in [0.717, 1.165) is 52.4 Å². The number of anilines is 2. The van der Waals surface area contributed by atoms with E-state index in [9.17, 15) is 8.42 Å². The molecule has 2 N–H and O–H groups in total. The van der Waals surface area contributed by atoms with Gasteiger partial charge < -0.3 is 10.6 Å². The molecule has 2 aromatic carbocycles. The SMILES string of the molecule is Cc1ccc2nc3c(c(NCCCN(CCCNc4cc(C)nc5ccc(Cl)cc45)S(C)(=O)=O)c2c1)CCCC3. The van der Waals surface area contributed by atoms with Gasteiger partial charge in [-0.1, -0.05) is 23.2 Å². The van der Waals surface area contributed by atoms with Gasteiger partial charge in [-0.25, -0.2) is 12.7 Å². The van der Waals surface area contributed by atoms with Crippen LogP contribution in [0, 0.1) is 13.8 Å². The molecule has 0 radical (unpaired) electrons. The first-order valence-corrected chi connectivity index (χ1v) is 16.3. The van der Waals surface area contributed by atoms with Crippen molar-refractivity contribution in [2.24, 2.45) is 0 Å². The fourth-order valence-corrected chi connectivity index (χ4v) is 6.70. The molecule has 1 aliphatic rings. The van der Waals surface area contributed by atoms with Crippen LogP contribution in [0.25, 0.3) is 21.8 Å². The molecule has 0 spiro atoms. The fraction of sp³-hybridized carbons (Fsp3) is 0.419. The van der Waals surface area contributed by atoms with E-state index < -0.39 is 10.0 Å². The van der Waals surface area contributed by atoms with Crippen LogP contribution in [-0.4, -0.2) is 55.1 Å². The highest BCUT2D eigenvalue weighted by atomic mass is 35.5. The lowest BCUT2D eigenvalue weighted by molar-refractivity contribution is 0.409. The van der Waals surface area contributed by atoms with Gasteiger partial charge in [0.2, 0.25) is 10.0 Å². The molecule has 0 saturated carbocycles. The van der Waals surface area contributed by atoms with Gasteiger partial charge in [-0.15, -0.1) is 0 Å². The summed E-state index contributed by atoms with van der Waals surface area (Å²) in [5.74, 6) is 0. The summed E-state index contributed by atoms with van der Waals surface area (Å²) in [6, 6.07) is 14.1. The van der Waals surface area contributed by atoms with Crippen LogP contribution in [0.3, 0.4) is 0 Å². The Morgan fingerprint density at radius 1 is 0.875 bits per heavy atom. The first-order valence-electron chi connectivity index (χ1n) is 14.1. The third-order valence-electron chi connectivity index (χ3n) is 7.57. The quantitative estimate of drug-likeness (QED) is 0.197. The maximum atomic E-state index is 12.6. The van der Waals surface area contributed by atoms with E-state index in [-0.39, 0.29) is 0 Å². The summed E-state index contributed by atoms with van der Waals surface area (Å²) in [6.07, 6.45) is 7.12. The van der Waals surface area contributed by atoms with Crippen molar-refractivity contribution >= 4 is 54.8 Å². The smallest absolute Gasteiger partial charge is 0.211 e. The standard InChI is InChI=1S/C31H38ClN5O2S/c1-21-10-12-29-26(18-21)31(24-8-4-5-9-27(24)36-29)34-15-7-17-37(40(3,38)39)16-6-14-33-30-19-22(2)35-28-13-11-23(32)20-25(28)30/h10-13,18-20H,4-9,14-17H2,1-3H3,(H,33,35)(H,34,36). The zero-order valence-electron chi connectivity index (χ0n) is 23.6. The lowest BCUT2D eigenvalue weighted by atomic mass is 9.92. The molecule has 9 heteroatoms. The van der Waals surface area contributed by atoms with Crippen molar-refractivity contribution < 1.29 is 8.42 Å². The van der Waals surface area contributed by atoms with Crippen LogP contribution in [0.5, 0.6) is 0 Å². The number of aryl methyl sites for hydroxylation is 3. The Morgan fingerprint density at radius 3 is 2.35 bits per heavy atom. The number of halogens is 1. The van der Waals surface area contributed by atoms with Crippen molar-refractivity contribution in [3.8, 4) is 0 Å². The van der Waals surface area contributed by atoms with Gasteiger partial charge >= 0.3 is 0 Å². The minimum Gasteiger partial charge on any atom is -0.384 e. The zero-order valence-corrected chi connectivity index (χ0v) is 25.1. The van der Waals surface area contributed by atoms with Gasteiger partial charge in [-0.2, -0.15) is 0 Å². The van der Waals surface area contributed by atoms with Crippen LogP contribution in [-0.2, 0) is 22.9 Å². The third kappa shape index (κ3) is 6.67. The number of nitrogens with zero attached hydrogens (tertiary/aromatic N) is 3. The Balaban J connectivity index is 1.20. The summed E-state index contributed by atoms with van der Waals surface area (Å²) in [7, 11) is -3.32. The number of aromatic nitrogens is 2. The first-order chi connectivity index (χ1) is 19.2. The van der Waals surface area contributed by atoms with E-state index in [4.69, 9.17) is 16.6 Å². The number of fused-ring (bicyclic) bond motifs is 3. The molecule has 0 fully saturated rings. The molecule has 0 amide bonds. The average molecular weight is 580 g/mol. The molecule has 0 aliphatic heterocycles. The van der Waals surface area contributed by atoms with Crippen molar-refractivity contribution in [3.05, 3.63) is 70.0 Å². The molecule has 4 aromatic rings. The van der Waals surface area contributed by atoms with Crippen molar-refractivity contribution in [3.63, 3.8) is 0 Å². The molecule has 2 heterocycles. The molecule has 0 unspecified atom stereocenters. The van der Waals surface area contributed by atoms with Crippen LogP contribution >= 0.6 is 11.6 Å². The van der Waals surface area contributed by atoms with Crippen molar-refractivity contribution in [1.82, 2.24) is 14.3 Å². The predicted octanol–water partition coefficient (Wildman–Crippen LogP) is 6.50. The number of pyridine rings is 2. The average Bonchev–Trinajstić information content (AvgIpc) is 2.91. The van der Waals surface area contributed by atoms with Crippen LogP contribution in [0.4, 0.5) is 11.4 Å². The fourth-order valence-electron chi connectivity index (χ4n) is 5.61. The summed E-state index contributed by atoms with van der Waals surface area (Å²) in [5, 5.41) is 9.92. The predicted molar refractivity (Wildman–Crippen MR) is 167 cm³/mol. The van der Waals surface area contributed by atoms with E-state index in [0.29, 0.717) is 37.6 Å². The maximum Gasteiger partial charge on any atom is 0.211 e. The molecule has 5 rings (SSSR count). The molecule has 212 valence electrons. The van der Waals surface area contributed by atoms with Crippen LogP contribution in [0.1, 0.15) is 48.2 Å². The van der Waals surface area contributed by atoms with Crippen molar-refractivity contribution in [2.45, 2.75) is 52.4 Å². The van der Waals surface area contributed by atoms with E-state index >= 15 is 0 Å². The Labute approximate surface area is 242 Å². The molecule has 40 heavy (non-hydrogen) atoms. The number of rotatable bonds is 11. The molecule has 0 bridgehead atoms. The summed E-state index contributed by atoms with van der Waals surface area (Å²) in [5.41, 5.74) is 8.71. The van der Waals surface area contributed by atoms with Crippen molar-refractivity contribution in [1.29, 1.82) is 0 Å². The molecule has 0 saturated heterocycles. The minimum absolute atomic E-state index is 0.460. The van der Waals surface area contributed by atoms with E-state index in [2.05, 4.69) is 40.7 Å². The second-order valence-corrected chi connectivity index (χ2v) is 13.3. The van der Waals surface area contributed by atoms with Gasteiger partial charge in [0.1, 0.15) is 0 Å². The number of hydrogen-bond acceptors (Lipinski definition) is 6. The Hall–Kier alpha value is -2.94. The van der Waals surface area contributed by atoms with Gasteiger partial charge in [-0.05, 0) is 94.3 Å². The largest absolute Gasteiger partial charge is 0.384 e. The van der Waals surface area contributed by atoms with Gasteiger partial charge in [0.05, 0.1) is 17.3 Å². The van der Waals surface area contributed by atoms with Crippen LogP contribution < -0.4 is 10.6 Å². The highest BCUT2D eigenvalue weighted by molar-refractivity contribution is 7.88. The van der Waals surface area contributed by atoms with E-state index in [1.165, 1.54) is 41.6 Å². The lowest BCUT2D eigenvalue weighted by Crippen LogP contribution is -2.33. The number of nitrogens with one attached hydrogen (secondary N) is 2. The van der Waals surface area contributed by atoms with E-state index in [1.54, 1.807) is 4.31 Å². The molecular formula is C31H38ClN5O2S. The lowest BCUT2D eigenvalue weighted by Gasteiger charge is -2.23. The molecule has 2 aromatic heterocycles. The summed E-state index contributed by atoms with van der Waals surface area (Å²) >= 11 is 6.22. The number of sulfonamides is 1. The second kappa shape index (κ2) is 12.3. The normalized spacial score (nSPS) is 13.6. The number of benzene rings is 2. The Bertz CT molecular complexity index is 1640.